The number of aliphatic hydroxyl groups excluding tert-OH is 1. The minimum absolute atomic E-state index is 0.00276. The number of aromatic carboxylic acids is 1. The third kappa shape index (κ3) is 6.17. The van der Waals surface area contributed by atoms with Crippen molar-refractivity contribution in [3.05, 3.63) is 64.7 Å². The molecular weight excluding hydrogens is 440 g/mol. The number of rotatable bonds is 9. The van der Waals surface area contributed by atoms with Crippen molar-refractivity contribution in [1.82, 2.24) is 0 Å². The lowest BCUT2D eigenvalue weighted by molar-refractivity contribution is -0.110. The highest BCUT2D eigenvalue weighted by molar-refractivity contribution is 6.49. The van der Waals surface area contributed by atoms with Gasteiger partial charge in [0.05, 0.1) is 11.3 Å². The van der Waals surface area contributed by atoms with E-state index in [9.17, 15) is 19.8 Å². The zero-order valence-electron chi connectivity index (χ0n) is 21.5. The molecule has 35 heavy (non-hydrogen) atoms. The summed E-state index contributed by atoms with van der Waals surface area (Å²) in [6.45, 7) is 11.0. The largest absolute Gasteiger partial charge is 0.478 e. The van der Waals surface area contributed by atoms with Crippen LogP contribution in [0.4, 0.5) is 5.69 Å². The number of carbonyl (C=O) groups is 2. The maximum atomic E-state index is 13.5. The molecular formula is C29H38N2O4. The van der Waals surface area contributed by atoms with Gasteiger partial charge < -0.3 is 15.5 Å². The summed E-state index contributed by atoms with van der Waals surface area (Å²) in [6.07, 6.45) is 4.35. The van der Waals surface area contributed by atoms with Gasteiger partial charge in [0.15, 0.2) is 0 Å². The molecule has 1 amide bonds. The van der Waals surface area contributed by atoms with Crippen molar-refractivity contribution in [2.45, 2.75) is 90.2 Å². The van der Waals surface area contributed by atoms with E-state index < -0.39 is 18.1 Å². The molecule has 0 heterocycles. The predicted octanol–water partition coefficient (Wildman–Crippen LogP) is 6.06. The third-order valence-corrected chi connectivity index (χ3v) is 7.09. The van der Waals surface area contributed by atoms with Crippen LogP contribution in [0.5, 0.6) is 0 Å². The number of aliphatic imine (C=N–C) groups is 1. The molecule has 0 spiro atoms. The SMILES string of the molecule is CCCCCC(O)N=C(C(=O)Nc1ccccc1C(=O)O)c1ccc2c(c1)C(C)(C)CCC2(C)C. The monoisotopic (exact) mass is 478 g/mol. The lowest BCUT2D eigenvalue weighted by Crippen LogP contribution is -2.34. The number of carbonyl (C=O) groups excluding carboxylic acids is 1. The molecule has 1 unspecified atom stereocenters. The summed E-state index contributed by atoms with van der Waals surface area (Å²) in [5.41, 5.74) is 3.33. The molecule has 0 fully saturated rings. The van der Waals surface area contributed by atoms with E-state index in [2.05, 4.69) is 51.0 Å². The van der Waals surface area contributed by atoms with Crippen LogP contribution in [0.1, 0.15) is 100 Å². The highest BCUT2D eigenvalue weighted by Gasteiger charge is 2.37. The van der Waals surface area contributed by atoms with Crippen molar-refractivity contribution in [3.8, 4) is 0 Å². The van der Waals surface area contributed by atoms with Crippen LogP contribution >= 0.6 is 0 Å². The lowest BCUT2D eigenvalue weighted by Gasteiger charge is -2.42. The molecule has 2 aromatic rings. The van der Waals surface area contributed by atoms with E-state index in [0.717, 1.165) is 32.1 Å². The number of aliphatic hydroxyl groups is 1. The quantitative estimate of drug-likeness (QED) is 0.301. The van der Waals surface area contributed by atoms with Crippen LogP contribution in [-0.4, -0.2) is 34.0 Å². The predicted molar refractivity (Wildman–Crippen MR) is 140 cm³/mol. The number of unbranched alkanes of at least 4 members (excludes halogenated alkanes) is 2. The number of benzene rings is 2. The van der Waals surface area contributed by atoms with Crippen molar-refractivity contribution in [1.29, 1.82) is 0 Å². The lowest BCUT2D eigenvalue weighted by atomic mass is 9.63. The van der Waals surface area contributed by atoms with Gasteiger partial charge in [-0.15, -0.1) is 0 Å². The molecule has 3 rings (SSSR count). The number of carboxylic acid groups (broad SMARTS) is 1. The zero-order chi connectivity index (χ0) is 25.8. The Morgan fingerprint density at radius 3 is 2.31 bits per heavy atom. The fourth-order valence-electron chi connectivity index (χ4n) is 4.75. The summed E-state index contributed by atoms with van der Waals surface area (Å²) in [5, 5.41) is 22.9. The molecule has 188 valence electrons. The number of nitrogens with zero attached hydrogens (tertiary/aromatic N) is 1. The Bertz CT molecular complexity index is 1120. The van der Waals surface area contributed by atoms with Gasteiger partial charge in [0.1, 0.15) is 11.9 Å². The van der Waals surface area contributed by atoms with Crippen molar-refractivity contribution >= 4 is 23.3 Å². The number of anilines is 1. The summed E-state index contributed by atoms with van der Waals surface area (Å²) in [6, 6.07) is 12.3. The minimum Gasteiger partial charge on any atom is -0.478 e. The molecule has 1 aliphatic rings. The molecule has 6 heteroatoms. The number of fused-ring (bicyclic) bond motifs is 1. The van der Waals surface area contributed by atoms with Crippen LogP contribution in [0.15, 0.2) is 47.5 Å². The van der Waals surface area contributed by atoms with E-state index in [-0.39, 0.29) is 27.8 Å². The van der Waals surface area contributed by atoms with Gasteiger partial charge in [0, 0.05) is 5.56 Å². The van der Waals surface area contributed by atoms with Crippen molar-refractivity contribution in [2.24, 2.45) is 4.99 Å². The average Bonchev–Trinajstić information content (AvgIpc) is 2.80. The molecule has 0 radical (unpaired) electrons. The highest BCUT2D eigenvalue weighted by atomic mass is 16.4. The summed E-state index contributed by atoms with van der Waals surface area (Å²) in [4.78, 5) is 29.5. The summed E-state index contributed by atoms with van der Waals surface area (Å²) in [5.74, 6) is -1.67. The molecule has 0 aliphatic heterocycles. The topological polar surface area (TPSA) is 99.0 Å². The van der Waals surface area contributed by atoms with Crippen molar-refractivity contribution in [3.63, 3.8) is 0 Å². The molecule has 0 saturated carbocycles. The Balaban J connectivity index is 2.05. The maximum Gasteiger partial charge on any atom is 0.337 e. The number of carboxylic acids is 1. The first-order chi connectivity index (χ1) is 16.5. The van der Waals surface area contributed by atoms with Gasteiger partial charge in [-0.3, -0.25) is 4.79 Å². The Labute approximate surface area is 208 Å². The number of hydrogen-bond donors (Lipinski definition) is 3. The minimum atomic E-state index is -1.13. The second kappa shape index (κ2) is 10.7. The van der Waals surface area contributed by atoms with Crippen LogP contribution in [0.3, 0.4) is 0 Å². The van der Waals surface area contributed by atoms with E-state index >= 15 is 0 Å². The number of amides is 1. The van der Waals surface area contributed by atoms with Crippen LogP contribution < -0.4 is 5.32 Å². The van der Waals surface area contributed by atoms with Gasteiger partial charge in [-0.25, -0.2) is 9.79 Å². The van der Waals surface area contributed by atoms with Crippen LogP contribution in [0.25, 0.3) is 0 Å². The smallest absolute Gasteiger partial charge is 0.337 e. The number of hydrogen-bond acceptors (Lipinski definition) is 4. The summed E-state index contributed by atoms with van der Waals surface area (Å²) < 4.78 is 0. The average molecular weight is 479 g/mol. The third-order valence-electron chi connectivity index (χ3n) is 7.09. The number of para-hydroxylation sites is 1. The maximum absolute atomic E-state index is 13.5. The molecule has 1 atom stereocenters. The van der Waals surface area contributed by atoms with Gasteiger partial charge in [-0.1, -0.05) is 71.7 Å². The molecule has 6 nitrogen and oxygen atoms in total. The molecule has 0 saturated heterocycles. The molecule has 0 aromatic heterocycles. The van der Waals surface area contributed by atoms with E-state index in [4.69, 9.17) is 0 Å². The fraction of sp³-hybridized carbons (Fsp3) is 0.483. The molecule has 3 N–H and O–H groups in total. The van der Waals surface area contributed by atoms with E-state index in [1.165, 1.54) is 17.2 Å². The van der Waals surface area contributed by atoms with Gasteiger partial charge in [-0.05, 0) is 65.8 Å². The van der Waals surface area contributed by atoms with Crippen molar-refractivity contribution < 1.29 is 19.8 Å². The first kappa shape index (κ1) is 26.6. The summed E-state index contributed by atoms with van der Waals surface area (Å²) >= 11 is 0. The zero-order valence-corrected chi connectivity index (χ0v) is 21.5. The van der Waals surface area contributed by atoms with Gasteiger partial charge in [0.25, 0.3) is 5.91 Å². The Morgan fingerprint density at radius 2 is 1.66 bits per heavy atom. The molecule has 0 bridgehead atoms. The van der Waals surface area contributed by atoms with E-state index in [1.54, 1.807) is 18.2 Å². The van der Waals surface area contributed by atoms with Gasteiger partial charge >= 0.3 is 5.97 Å². The first-order valence-electron chi connectivity index (χ1n) is 12.5. The van der Waals surface area contributed by atoms with Gasteiger partial charge in [-0.2, -0.15) is 0 Å². The van der Waals surface area contributed by atoms with E-state index in [1.807, 2.05) is 12.1 Å². The molecule has 1 aliphatic carbocycles. The first-order valence-corrected chi connectivity index (χ1v) is 12.5. The van der Waals surface area contributed by atoms with Crippen molar-refractivity contribution in [2.75, 3.05) is 5.32 Å². The Kier molecular flexibility index (Phi) is 8.16. The second-order valence-electron chi connectivity index (χ2n) is 10.8. The Morgan fingerprint density at radius 1 is 1.00 bits per heavy atom. The van der Waals surface area contributed by atoms with Gasteiger partial charge in [0.2, 0.25) is 0 Å². The highest BCUT2D eigenvalue weighted by Crippen LogP contribution is 2.46. The fourth-order valence-corrected chi connectivity index (χ4v) is 4.75. The standard InChI is InChI=1S/C29H38N2O4/c1-6-7-8-13-24(32)31-25(26(33)30-23-12-10-9-11-20(23)27(34)35)19-14-15-21-22(18-19)29(4,5)17-16-28(21,2)3/h9-12,14-15,18,24,32H,6-8,13,16-17H2,1-5H3,(H,30,33)(H,34,35). The van der Waals surface area contributed by atoms with Crippen LogP contribution in [0, 0.1) is 0 Å². The Hall–Kier alpha value is -2.99. The normalized spacial score (nSPS) is 17.4. The van der Waals surface area contributed by atoms with E-state index in [0.29, 0.717) is 12.0 Å². The van der Waals surface area contributed by atoms with Crippen LogP contribution in [0.2, 0.25) is 0 Å². The summed E-state index contributed by atoms with van der Waals surface area (Å²) in [7, 11) is 0. The molecule has 2 aromatic carbocycles. The number of nitrogens with one attached hydrogen (secondary N) is 1. The second-order valence-corrected chi connectivity index (χ2v) is 10.8. The van der Waals surface area contributed by atoms with Crippen LogP contribution in [-0.2, 0) is 15.6 Å².